The van der Waals surface area contributed by atoms with Gasteiger partial charge in [0, 0.05) is 6.61 Å². The summed E-state index contributed by atoms with van der Waals surface area (Å²) in [7, 11) is 0. The minimum absolute atomic E-state index is 0.0941. The van der Waals surface area contributed by atoms with Gasteiger partial charge in [-0.25, -0.2) is 0 Å². The van der Waals surface area contributed by atoms with Crippen LogP contribution in [0, 0.1) is 22.7 Å². The van der Waals surface area contributed by atoms with E-state index in [1.54, 1.807) is 6.08 Å². The van der Waals surface area contributed by atoms with Crippen molar-refractivity contribution in [1.82, 2.24) is 0 Å². The van der Waals surface area contributed by atoms with Crippen LogP contribution in [0.2, 0.25) is 0 Å². The monoisotopic (exact) mass is 268 g/mol. The molecule has 1 atom stereocenters. The van der Waals surface area contributed by atoms with E-state index in [0.717, 1.165) is 30.6 Å². The SMILES string of the molecule is N#CC(C#N)=Cc1ccccc1COCC1CCCO1. The summed E-state index contributed by atoms with van der Waals surface area (Å²) < 4.78 is 11.2. The van der Waals surface area contributed by atoms with Gasteiger partial charge in [-0.15, -0.1) is 0 Å². The van der Waals surface area contributed by atoms with Crippen LogP contribution in [0.3, 0.4) is 0 Å². The average Bonchev–Trinajstić information content (AvgIpc) is 2.99. The van der Waals surface area contributed by atoms with Crippen LogP contribution >= 0.6 is 0 Å². The van der Waals surface area contributed by atoms with E-state index in [9.17, 15) is 0 Å². The standard InChI is InChI=1S/C16H16N2O2/c17-9-13(10-18)8-14-4-1-2-5-15(14)11-19-12-16-6-3-7-20-16/h1-2,4-5,8,16H,3,6-7,11-12H2. The summed E-state index contributed by atoms with van der Waals surface area (Å²) in [5.41, 5.74) is 1.91. The lowest BCUT2D eigenvalue weighted by Gasteiger charge is -2.11. The van der Waals surface area contributed by atoms with Crippen molar-refractivity contribution in [2.45, 2.75) is 25.6 Å². The van der Waals surface area contributed by atoms with E-state index in [4.69, 9.17) is 20.0 Å². The number of nitrogens with zero attached hydrogens (tertiary/aromatic N) is 2. The molecule has 20 heavy (non-hydrogen) atoms. The maximum Gasteiger partial charge on any atom is 0.130 e. The molecule has 0 aliphatic carbocycles. The highest BCUT2D eigenvalue weighted by Gasteiger charge is 2.15. The molecule has 0 aromatic heterocycles. The summed E-state index contributed by atoms with van der Waals surface area (Å²) >= 11 is 0. The van der Waals surface area contributed by atoms with Crippen LogP contribution in [0.4, 0.5) is 0 Å². The smallest absolute Gasteiger partial charge is 0.130 e. The predicted octanol–water partition coefficient (Wildman–Crippen LogP) is 2.81. The largest absolute Gasteiger partial charge is 0.376 e. The Balaban J connectivity index is 1.99. The minimum Gasteiger partial charge on any atom is -0.376 e. The first-order chi connectivity index (χ1) is 9.83. The van der Waals surface area contributed by atoms with Gasteiger partial charge in [0.05, 0.1) is 19.3 Å². The summed E-state index contributed by atoms with van der Waals surface area (Å²) in [4.78, 5) is 0. The lowest BCUT2D eigenvalue weighted by molar-refractivity contribution is 0.0105. The van der Waals surface area contributed by atoms with Crippen molar-refractivity contribution in [3.63, 3.8) is 0 Å². The molecule has 1 fully saturated rings. The molecule has 0 radical (unpaired) electrons. The molecule has 0 N–H and O–H groups in total. The predicted molar refractivity (Wildman–Crippen MR) is 74.3 cm³/mol. The van der Waals surface area contributed by atoms with Gasteiger partial charge in [-0.05, 0) is 30.0 Å². The zero-order chi connectivity index (χ0) is 14.2. The third-order valence-corrected chi connectivity index (χ3v) is 3.18. The molecule has 0 bridgehead atoms. The molecule has 1 aromatic carbocycles. The molecule has 4 heteroatoms. The Morgan fingerprint density at radius 1 is 1.35 bits per heavy atom. The number of allylic oxidation sites excluding steroid dienone is 1. The summed E-state index contributed by atoms with van der Waals surface area (Å²) in [6.07, 6.45) is 3.94. The number of rotatable bonds is 5. The molecule has 1 heterocycles. The van der Waals surface area contributed by atoms with E-state index < -0.39 is 0 Å². The number of nitriles is 2. The first-order valence-corrected chi connectivity index (χ1v) is 6.62. The fraction of sp³-hybridized carbons (Fsp3) is 0.375. The molecule has 102 valence electrons. The average molecular weight is 268 g/mol. The van der Waals surface area contributed by atoms with Crippen molar-refractivity contribution in [1.29, 1.82) is 10.5 Å². The Hall–Kier alpha value is -2.14. The maximum atomic E-state index is 8.81. The Morgan fingerprint density at radius 3 is 2.85 bits per heavy atom. The summed E-state index contributed by atoms with van der Waals surface area (Å²) in [6, 6.07) is 11.3. The molecule has 0 amide bonds. The van der Waals surface area contributed by atoms with Crippen LogP contribution in [-0.2, 0) is 16.1 Å². The highest BCUT2D eigenvalue weighted by atomic mass is 16.5. The van der Waals surface area contributed by atoms with Crippen LogP contribution in [0.5, 0.6) is 0 Å². The number of hydrogen-bond acceptors (Lipinski definition) is 4. The molecule has 1 unspecified atom stereocenters. The molecule has 1 saturated heterocycles. The highest BCUT2D eigenvalue weighted by molar-refractivity contribution is 5.64. The van der Waals surface area contributed by atoms with Gasteiger partial charge in [0.1, 0.15) is 17.7 Å². The fourth-order valence-corrected chi connectivity index (χ4v) is 2.13. The first-order valence-electron chi connectivity index (χ1n) is 6.62. The number of hydrogen-bond donors (Lipinski definition) is 0. The molecule has 0 spiro atoms. The second-order valence-electron chi connectivity index (χ2n) is 4.63. The van der Waals surface area contributed by atoms with Crippen molar-refractivity contribution in [3.05, 3.63) is 41.0 Å². The normalized spacial score (nSPS) is 17.2. The summed E-state index contributed by atoms with van der Waals surface area (Å²) in [5, 5.41) is 17.6. The highest BCUT2D eigenvalue weighted by Crippen LogP contribution is 2.16. The number of ether oxygens (including phenoxy) is 2. The summed E-state index contributed by atoms with van der Waals surface area (Å²) in [5.74, 6) is 0. The fourth-order valence-electron chi connectivity index (χ4n) is 2.13. The second kappa shape index (κ2) is 7.45. The van der Waals surface area contributed by atoms with Crippen molar-refractivity contribution in [2.75, 3.05) is 13.2 Å². The van der Waals surface area contributed by atoms with E-state index in [-0.39, 0.29) is 11.7 Å². The van der Waals surface area contributed by atoms with Crippen molar-refractivity contribution >= 4 is 6.08 Å². The second-order valence-corrected chi connectivity index (χ2v) is 4.63. The molecule has 0 saturated carbocycles. The van der Waals surface area contributed by atoms with Gasteiger partial charge in [-0.2, -0.15) is 10.5 Å². The van der Waals surface area contributed by atoms with Crippen molar-refractivity contribution in [2.24, 2.45) is 0 Å². The van der Waals surface area contributed by atoms with Crippen LogP contribution in [-0.4, -0.2) is 19.3 Å². The lowest BCUT2D eigenvalue weighted by atomic mass is 10.1. The van der Waals surface area contributed by atoms with E-state index in [1.807, 2.05) is 36.4 Å². The van der Waals surface area contributed by atoms with Gasteiger partial charge in [0.25, 0.3) is 0 Å². The Kier molecular flexibility index (Phi) is 5.32. The molecular weight excluding hydrogens is 252 g/mol. The zero-order valence-corrected chi connectivity index (χ0v) is 11.2. The summed E-state index contributed by atoms with van der Waals surface area (Å²) in [6.45, 7) is 1.86. The first kappa shape index (κ1) is 14.3. The van der Waals surface area contributed by atoms with Gasteiger partial charge < -0.3 is 9.47 Å². The lowest BCUT2D eigenvalue weighted by Crippen LogP contribution is -2.14. The van der Waals surface area contributed by atoms with Crippen LogP contribution in [0.25, 0.3) is 6.08 Å². The van der Waals surface area contributed by atoms with Gasteiger partial charge in [-0.1, -0.05) is 24.3 Å². The Bertz CT molecular complexity index is 545. The quantitative estimate of drug-likeness (QED) is 0.770. The van der Waals surface area contributed by atoms with E-state index in [1.165, 1.54) is 0 Å². The minimum atomic E-state index is 0.0941. The van der Waals surface area contributed by atoms with Gasteiger partial charge in [0.2, 0.25) is 0 Å². The van der Waals surface area contributed by atoms with E-state index in [2.05, 4.69) is 0 Å². The molecular formula is C16H16N2O2. The molecule has 4 nitrogen and oxygen atoms in total. The van der Waals surface area contributed by atoms with E-state index >= 15 is 0 Å². The molecule has 1 aromatic rings. The van der Waals surface area contributed by atoms with Gasteiger partial charge >= 0.3 is 0 Å². The van der Waals surface area contributed by atoms with Gasteiger partial charge in [0.15, 0.2) is 0 Å². The van der Waals surface area contributed by atoms with Crippen molar-refractivity contribution in [3.8, 4) is 12.1 Å². The number of benzene rings is 1. The van der Waals surface area contributed by atoms with Crippen LogP contribution < -0.4 is 0 Å². The Labute approximate surface area is 118 Å². The van der Waals surface area contributed by atoms with Crippen molar-refractivity contribution < 1.29 is 9.47 Å². The maximum absolute atomic E-state index is 8.81. The Morgan fingerprint density at radius 2 is 2.15 bits per heavy atom. The molecule has 1 aliphatic rings. The van der Waals surface area contributed by atoms with Gasteiger partial charge in [-0.3, -0.25) is 0 Å². The van der Waals surface area contributed by atoms with E-state index in [0.29, 0.717) is 13.2 Å². The topological polar surface area (TPSA) is 66.0 Å². The molecule has 2 rings (SSSR count). The van der Waals surface area contributed by atoms with Crippen LogP contribution in [0.15, 0.2) is 29.8 Å². The third kappa shape index (κ3) is 3.93. The third-order valence-electron chi connectivity index (χ3n) is 3.18. The molecule has 1 aliphatic heterocycles. The zero-order valence-electron chi connectivity index (χ0n) is 11.2. The van der Waals surface area contributed by atoms with Crippen LogP contribution in [0.1, 0.15) is 24.0 Å².